The minimum Gasteiger partial charge on any atom is -0.370 e. The van der Waals surface area contributed by atoms with E-state index in [1.165, 1.54) is 4.90 Å². The molecule has 0 spiro atoms. The monoisotopic (exact) mass is 317 g/mol. The third-order valence-electron chi connectivity index (χ3n) is 4.06. The van der Waals surface area contributed by atoms with E-state index < -0.39 is 11.9 Å². The topological polar surface area (TPSA) is 117 Å². The second-order valence-electron chi connectivity index (χ2n) is 5.66. The molecule has 8 heteroatoms. The van der Waals surface area contributed by atoms with Crippen LogP contribution in [0.3, 0.4) is 0 Å². The fourth-order valence-electron chi connectivity index (χ4n) is 2.85. The van der Waals surface area contributed by atoms with E-state index in [2.05, 4.69) is 15.6 Å². The molecule has 2 aliphatic rings. The number of carbonyl (C=O) groups is 3. The van der Waals surface area contributed by atoms with Crippen molar-refractivity contribution in [3.8, 4) is 0 Å². The average Bonchev–Trinajstić information content (AvgIpc) is 2.84. The van der Waals surface area contributed by atoms with Gasteiger partial charge in [-0.1, -0.05) is 0 Å². The zero-order chi connectivity index (χ0) is 16.4. The lowest BCUT2D eigenvalue weighted by molar-refractivity contribution is -0.136. The predicted molar refractivity (Wildman–Crippen MR) is 82.4 cm³/mol. The molecule has 1 atom stereocenters. The molecule has 1 saturated heterocycles. The van der Waals surface area contributed by atoms with E-state index in [1.807, 2.05) is 0 Å². The molecule has 0 aliphatic carbocycles. The van der Waals surface area contributed by atoms with E-state index in [0.717, 1.165) is 6.42 Å². The van der Waals surface area contributed by atoms with Gasteiger partial charge in [0.2, 0.25) is 11.8 Å². The molecule has 1 unspecified atom stereocenters. The van der Waals surface area contributed by atoms with Crippen LogP contribution in [0.2, 0.25) is 0 Å². The first-order chi connectivity index (χ1) is 11.1. The largest absolute Gasteiger partial charge is 0.370 e. The lowest BCUT2D eigenvalue weighted by Gasteiger charge is -2.29. The molecule has 1 fully saturated rings. The number of imide groups is 1. The number of piperidine rings is 1. The number of amides is 3. The second kappa shape index (κ2) is 6.33. The van der Waals surface area contributed by atoms with E-state index in [4.69, 9.17) is 5.73 Å². The lowest BCUT2D eigenvalue weighted by atomic mass is 10.0. The van der Waals surface area contributed by atoms with Gasteiger partial charge in [0.25, 0.3) is 5.91 Å². The predicted octanol–water partition coefficient (Wildman–Crippen LogP) is -0.397. The van der Waals surface area contributed by atoms with Crippen LogP contribution >= 0.6 is 0 Å². The molecule has 23 heavy (non-hydrogen) atoms. The van der Waals surface area contributed by atoms with E-state index in [0.29, 0.717) is 36.6 Å². The van der Waals surface area contributed by atoms with Crippen LogP contribution in [0.5, 0.6) is 0 Å². The Labute approximate surface area is 133 Å². The molecular weight excluding hydrogens is 298 g/mol. The number of nitrogens with two attached hydrogens (primary N) is 1. The molecule has 0 bridgehead atoms. The first-order valence-corrected chi connectivity index (χ1v) is 7.68. The zero-order valence-electron chi connectivity index (χ0n) is 12.7. The number of hydrogen-bond donors (Lipinski definition) is 3. The molecule has 3 heterocycles. The summed E-state index contributed by atoms with van der Waals surface area (Å²) in [5, 5.41) is 5.44. The maximum Gasteiger partial charge on any atom is 0.256 e. The fraction of sp³-hybridized carbons (Fsp3) is 0.467. The second-order valence-corrected chi connectivity index (χ2v) is 5.66. The molecule has 0 radical (unpaired) electrons. The van der Waals surface area contributed by atoms with Crippen molar-refractivity contribution in [2.45, 2.75) is 31.8 Å². The van der Waals surface area contributed by atoms with Crippen molar-refractivity contribution < 1.29 is 14.4 Å². The molecule has 8 nitrogen and oxygen atoms in total. The number of rotatable bonds is 5. The SMILES string of the molecule is NCCCNc1ccc2c(n1)CN(C1CCC(=O)NC1=O)C2=O. The summed E-state index contributed by atoms with van der Waals surface area (Å²) < 4.78 is 0. The van der Waals surface area contributed by atoms with Crippen molar-refractivity contribution in [3.05, 3.63) is 23.4 Å². The van der Waals surface area contributed by atoms with Crippen LogP contribution in [-0.2, 0) is 16.1 Å². The molecule has 4 N–H and O–H groups in total. The maximum absolute atomic E-state index is 12.5. The van der Waals surface area contributed by atoms with Crippen LogP contribution < -0.4 is 16.4 Å². The number of anilines is 1. The number of hydrogen-bond acceptors (Lipinski definition) is 6. The van der Waals surface area contributed by atoms with Gasteiger partial charge < -0.3 is 16.0 Å². The summed E-state index contributed by atoms with van der Waals surface area (Å²) in [5.74, 6) is -0.228. The molecule has 122 valence electrons. The van der Waals surface area contributed by atoms with Gasteiger partial charge >= 0.3 is 0 Å². The van der Waals surface area contributed by atoms with Crippen molar-refractivity contribution in [2.75, 3.05) is 18.4 Å². The summed E-state index contributed by atoms with van der Waals surface area (Å²) in [7, 11) is 0. The number of nitrogens with one attached hydrogen (secondary N) is 2. The van der Waals surface area contributed by atoms with Crippen molar-refractivity contribution in [1.82, 2.24) is 15.2 Å². The Morgan fingerprint density at radius 1 is 1.35 bits per heavy atom. The van der Waals surface area contributed by atoms with Crippen LogP contribution in [-0.4, -0.2) is 46.7 Å². The summed E-state index contributed by atoms with van der Waals surface area (Å²) >= 11 is 0. The van der Waals surface area contributed by atoms with E-state index in [9.17, 15) is 14.4 Å². The van der Waals surface area contributed by atoms with Crippen LogP contribution in [0.4, 0.5) is 5.82 Å². The fourth-order valence-corrected chi connectivity index (χ4v) is 2.85. The van der Waals surface area contributed by atoms with E-state index in [-0.39, 0.29) is 24.8 Å². The van der Waals surface area contributed by atoms with Crippen molar-refractivity contribution in [2.24, 2.45) is 5.73 Å². The maximum atomic E-state index is 12.5. The van der Waals surface area contributed by atoms with Gasteiger partial charge in [-0.15, -0.1) is 0 Å². The third-order valence-corrected chi connectivity index (χ3v) is 4.06. The van der Waals surface area contributed by atoms with Crippen molar-refractivity contribution in [1.29, 1.82) is 0 Å². The minimum absolute atomic E-state index is 0.212. The summed E-state index contributed by atoms with van der Waals surface area (Å²) in [6.07, 6.45) is 1.43. The molecule has 1 aromatic heterocycles. The Balaban J connectivity index is 1.73. The molecule has 0 saturated carbocycles. The first kappa shape index (κ1) is 15.4. The van der Waals surface area contributed by atoms with Gasteiger partial charge in [0.15, 0.2) is 0 Å². The summed E-state index contributed by atoms with van der Waals surface area (Å²) in [6.45, 7) is 1.60. The smallest absolute Gasteiger partial charge is 0.256 e. The summed E-state index contributed by atoms with van der Waals surface area (Å²) in [4.78, 5) is 41.6. The van der Waals surface area contributed by atoms with Gasteiger partial charge in [0.1, 0.15) is 11.9 Å². The Morgan fingerprint density at radius 3 is 2.91 bits per heavy atom. The zero-order valence-corrected chi connectivity index (χ0v) is 12.7. The van der Waals surface area contributed by atoms with Gasteiger partial charge in [-0.2, -0.15) is 0 Å². The average molecular weight is 317 g/mol. The van der Waals surface area contributed by atoms with E-state index in [1.54, 1.807) is 12.1 Å². The highest BCUT2D eigenvalue weighted by Crippen LogP contribution is 2.27. The molecule has 3 amide bonds. The van der Waals surface area contributed by atoms with Crippen LogP contribution in [0.1, 0.15) is 35.3 Å². The van der Waals surface area contributed by atoms with Gasteiger partial charge in [-0.3, -0.25) is 19.7 Å². The highest BCUT2D eigenvalue weighted by Gasteiger charge is 2.39. The molecule has 2 aliphatic heterocycles. The number of nitrogens with zero attached hydrogens (tertiary/aromatic N) is 2. The molecule has 0 aromatic carbocycles. The van der Waals surface area contributed by atoms with Gasteiger partial charge in [-0.25, -0.2) is 4.98 Å². The van der Waals surface area contributed by atoms with E-state index >= 15 is 0 Å². The number of pyridine rings is 1. The minimum atomic E-state index is -0.608. The first-order valence-electron chi connectivity index (χ1n) is 7.68. The van der Waals surface area contributed by atoms with Crippen molar-refractivity contribution >= 4 is 23.5 Å². The molecular formula is C15H19N5O3. The Kier molecular flexibility index (Phi) is 4.24. The van der Waals surface area contributed by atoms with Crippen molar-refractivity contribution in [3.63, 3.8) is 0 Å². The summed E-state index contributed by atoms with van der Waals surface area (Å²) in [5.41, 5.74) is 6.61. The quantitative estimate of drug-likeness (QED) is 0.502. The Bertz CT molecular complexity index is 661. The highest BCUT2D eigenvalue weighted by molar-refractivity contribution is 6.05. The van der Waals surface area contributed by atoms with Crippen LogP contribution in [0.15, 0.2) is 12.1 Å². The Morgan fingerprint density at radius 2 is 2.17 bits per heavy atom. The lowest BCUT2D eigenvalue weighted by Crippen LogP contribution is -2.52. The molecule has 1 aromatic rings. The van der Waals surface area contributed by atoms with Crippen LogP contribution in [0.25, 0.3) is 0 Å². The van der Waals surface area contributed by atoms with Gasteiger partial charge in [-0.05, 0) is 31.5 Å². The third kappa shape index (κ3) is 3.02. The van der Waals surface area contributed by atoms with Gasteiger partial charge in [0, 0.05) is 13.0 Å². The Hall–Kier alpha value is -2.48. The highest BCUT2D eigenvalue weighted by atomic mass is 16.2. The van der Waals surface area contributed by atoms with Crippen LogP contribution in [0, 0.1) is 0 Å². The van der Waals surface area contributed by atoms with Gasteiger partial charge in [0.05, 0.1) is 17.8 Å². The normalized spacial score (nSPS) is 20.5. The standard InChI is InChI=1S/C15H19N5O3/c16-6-1-7-17-12-4-2-9-10(18-12)8-20(15(9)23)11-3-5-13(21)19-14(11)22/h2,4,11H,1,3,5-8,16H2,(H,17,18)(H,19,21,22). The molecule has 3 rings (SSSR count). The number of fused-ring (bicyclic) bond motifs is 1. The number of carbonyl (C=O) groups excluding carboxylic acids is 3. The number of aromatic nitrogens is 1. The summed E-state index contributed by atoms with van der Waals surface area (Å²) in [6, 6.07) is 2.87.